The smallest absolute Gasteiger partial charge is 0.330 e. The topological polar surface area (TPSA) is 112 Å². The van der Waals surface area contributed by atoms with Gasteiger partial charge in [-0.15, -0.1) is 0 Å². The van der Waals surface area contributed by atoms with Crippen molar-refractivity contribution in [3.8, 4) is 0 Å². The summed E-state index contributed by atoms with van der Waals surface area (Å²) < 4.78 is 4.41. The van der Waals surface area contributed by atoms with Crippen LogP contribution < -0.4 is 11.5 Å². The number of hydrogen-bond acceptors (Lipinski definition) is 5. The Kier molecular flexibility index (Phi) is 5.54. The fraction of sp³-hybridized carbons (Fsp3) is 0.667. The zero-order chi connectivity index (χ0) is 12.0. The molecule has 0 aromatic rings. The van der Waals surface area contributed by atoms with E-state index in [1.807, 2.05) is 0 Å². The van der Waals surface area contributed by atoms with Gasteiger partial charge in [-0.1, -0.05) is 13.8 Å². The minimum Gasteiger partial charge on any atom is -0.392 e. The summed E-state index contributed by atoms with van der Waals surface area (Å²) >= 11 is 0. The largest absolute Gasteiger partial charge is 0.392 e. The van der Waals surface area contributed by atoms with Crippen LogP contribution in [0.25, 0.3) is 0 Å². The molecule has 0 saturated carbocycles. The van der Waals surface area contributed by atoms with Crippen LogP contribution in [0.15, 0.2) is 0 Å². The SMILES string of the molecule is CC(C)C(N)C(=O)OC(=O)CCC(N)=O. The molecule has 0 heterocycles. The molecule has 0 saturated heterocycles. The number of ether oxygens (including phenoxy) is 1. The van der Waals surface area contributed by atoms with Gasteiger partial charge in [0.15, 0.2) is 0 Å². The van der Waals surface area contributed by atoms with Gasteiger partial charge in [0.25, 0.3) is 0 Å². The molecule has 6 nitrogen and oxygen atoms in total. The first-order valence-electron chi connectivity index (χ1n) is 4.63. The predicted octanol–water partition coefficient (Wildman–Crippen LogP) is -0.695. The summed E-state index contributed by atoms with van der Waals surface area (Å²) in [5, 5.41) is 0. The van der Waals surface area contributed by atoms with Crippen LogP contribution >= 0.6 is 0 Å². The molecule has 1 atom stereocenters. The fourth-order valence-electron chi connectivity index (χ4n) is 0.729. The van der Waals surface area contributed by atoms with Crippen LogP contribution in [0.2, 0.25) is 0 Å². The molecular weight excluding hydrogens is 200 g/mol. The van der Waals surface area contributed by atoms with E-state index < -0.39 is 23.9 Å². The Morgan fingerprint density at radius 3 is 2.13 bits per heavy atom. The van der Waals surface area contributed by atoms with Crippen LogP contribution in [0.5, 0.6) is 0 Å². The molecular formula is C9H16N2O4. The summed E-state index contributed by atoms with van der Waals surface area (Å²) in [6, 6.07) is -0.831. The number of amides is 1. The van der Waals surface area contributed by atoms with E-state index in [9.17, 15) is 14.4 Å². The normalized spacial score (nSPS) is 12.3. The zero-order valence-electron chi connectivity index (χ0n) is 8.86. The van der Waals surface area contributed by atoms with Crippen molar-refractivity contribution in [2.45, 2.75) is 32.7 Å². The molecule has 0 aliphatic rings. The Balaban J connectivity index is 3.96. The third kappa shape index (κ3) is 5.79. The quantitative estimate of drug-likeness (QED) is 0.466. The van der Waals surface area contributed by atoms with Crippen molar-refractivity contribution in [3.63, 3.8) is 0 Å². The van der Waals surface area contributed by atoms with Gasteiger partial charge in [-0.3, -0.25) is 9.59 Å². The lowest BCUT2D eigenvalue weighted by atomic mass is 10.1. The van der Waals surface area contributed by atoms with E-state index in [0.717, 1.165) is 0 Å². The second kappa shape index (κ2) is 6.13. The molecule has 0 radical (unpaired) electrons. The van der Waals surface area contributed by atoms with Gasteiger partial charge in [-0.25, -0.2) is 4.79 Å². The second-order valence-corrected chi connectivity index (χ2v) is 3.53. The number of primary amides is 1. The van der Waals surface area contributed by atoms with E-state index in [-0.39, 0.29) is 18.8 Å². The Labute approximate surface area is 87.9 Å². The molecule has 86 valence electrons. The molecule has 0 aliphatic carbocycles. The molecule has 15 heavy (non-hydrogen) atoms. The first-order valence-corrected chi connectivity index (χ1v) is 4.63. The molecule has 1 unspecified atom stereocenters. The van der Waals surface area contributed by atoms with Gasteiger partial charge < -0.3 is 16.2 Å². The molecule has 0 fully saturated rings. The highest BCUT2D eigenvalue weighted by molar-refractivity contribution is 5.90. The van der Waals surface area contributed by atoms with Crippen molar-refractivity contribution in [1.82, 2.24) is 0 Å². The summed E-state index contributed by atoms with van der Waals surface area (Å²) in [5.41, 5.74) is 10.3. The summed E-state index contributed by atoms with van der Waals surface area (Å²) in [7, 11) is 0. The average molecular weight is 216 g/mol. The first kappa shape index (κ1) is 13.6. The molecule has 0 rings (SSSR count). The van der Waals surface area contributed by atoms with E-state index in [0.29, 0.717) is 0 Å². The highest BCUT2D eigenvalue weighted by atomic mass is 16.6. The summed E-state index contributed by atoms with van der Waals surface area (Å²) in [6.45, 7) is 3.47. The first-order chi connectivity index (χ1) is 6.84. The molecule has 0 aromatic heterocycles. The number of esters is 2. The van der Waals surface area contributed by atoms with Gasteiger partial charge in [0.05, 0.1) is 6.42 Å². The maximum absolute atomic E-state index is 11.2. The van der Waals surface area contributed by atoms with Crippen molar-refractivity contribution < 1.29 is 19.1 Å². The molecule has 6 heteroatoms. The summed E-state index contributed by atoms with van der Waals surface area (Å²) in [5.74, 6) is -2.29. The van der Waals surface area contributed by atoms with Crippen LogP contribution in [-0.4, -0.2) is 23.9 Å². The Morgan fingerprint density at radius 2 is 1.73 bits per heavy atom. The van der Waals surface area contributed by atoms with E-state index in [1.54, 1.807) is 13.8 Å². The van der Waals surface area contributed by atoms with E-state index in [2.05, 4.69) is 4.74 Å². The summed E-state index contributed by atoms with van der Waals surface area (Å²) in [6.07, 6.45) is -0.338. The number of hydrogen-bond donors (Lipinski definition) is 2. The molecule has 4 N–H and O–H groups in total. The Hall–Kier alpha value is -1.43. The van der Waals surface area contributed by atoms with Gasteiger partial charge in [0.2, 0.25) is 5.91 Å². The Morgan fingerprint density at radius 1 is 1.20 bits per heavy atom. The van der Waals surface area contributed by atoms with Crippen LogP contribution in [0.3, 0.4) is 0 Å². The van der Waals surface area contributed by atoms with Crippen molar-refractivity contribution in [3.05, 3.63) is 0 Å². The molecule has 0 spiro atoms. The third-order valence-corrected chi connectivity index (χ3v) is 1.78. The minimum absolute atomic E-state index is 0.110. The highest BCUT2D eigenvalue weighted by Gasteiger charge is 2.21. The molecule has 0 bridgehead atoms. The third-order valence-electron chi connectivity index (χ3n) is 1.78. The van der Waals surface area contributed by atoms with Crippen molar-refractivity contribution in [1.29, 1.82) is 0 Å². The van der Waals surface area contributed by atoms with Crippen molar-refractivity contribution in [2.75, 3.05) is 0 Å². The molecule has 0 aromatic carbocycles. The lowest BCUT2D eigenvalue weighted by molar-refractivity contribution is -0.161. The standard InChI is InChI=1S/C9H16N2O4/c1-5(2)8(11)9(14)15-7(13)4-3-6(10)12/h5,8H,3-4,11H2,1-2H3,(H2,10,12). The van der Waals surface area contributed by atoms with Crippen LogP contribution in [0, 0.1) is 5.92 Å². The monoisotopic (exact) mass is 216 g/mol. The highest BCUT2D eigenvalue weighted by Crippen LogP contribution is 2.02. The Bertz CT molecular complexity index is 263. The van der Waals surface area contributed by atoms with Gasteiger partial charge in [-0.05, 0) is 5.92 Å². The van der Waals surface area contributed by atoms with Crippen LogP contribution in [-0.2, 0) is 19.1 Å². The zero-order valence-corrected chi connectivity index (χ0v) is 8.86. The second-order valence-electron chi connectivity index (χ2n) is 3.53. The minimum atomic E-state index is -0.831. The lowest BCUT2D eigenvalue weighted by Gasteiger charge is -2.12. The van der Waals surface area contributed by atoms with E-state index >= 15 is 0 Å². The number of nitrogens with two attached hydrogens (primary N) is 2. The van der Waals surface area contributed by atoms with Crippen LogP contribution in [0.1, 0.15) is 26.7 Å². The molecule has 1 amide bonds. The number of carbonyl (C=O) groups is 3. The van der Waals surface area contributed by atoms with Gasteiger partial charge in [0, 0.05) is 6.42 Å². The predicted molar refractivity (Wildman–Crippen MR) is 52.3 cm³/mol. The number of carbonyl (C=O) groups excluding carboxylic acids is 3. The van der Waals surface area contributed by atoms with Crippen molar-refractivity contribution >= 4 is 17.8 Å². The average Bonchev–Trinajstić information content (AvgIpc) is 2.13. The van der Waals surface area contributed by atoms with Crippen LogP contribution in [0.4, 0.5) is 0 Å². The van der Waals surface area contributed by atoms with E-state index in [4.69, 9.17) is 11.5 Å². The van der Waals surface area contributed by atoms with Gasteiger partial charge in [0.1, 0.15) is 6.04 Å². The number of rotatable bonds is 5. The maximum atomic E-state index is 11.2. The van der Waals surface area contributed by atoms with Gasteiger partial charge >= 0.3 is 11.9 Å². The van der Waals surface area contributed by atoms with E-state index in [1.165, 1.54) is 0 Å². The molecule has 0 aliphatic heterocycles. The maximum Gasteiger partial charge on any atom is 0.330 e. The van der Waals surface area contributed by atoms with Crippen molar-refractivity contribution in [2.24, 2.45) is 17.4 Å². The lowest BCUT2D eigenvalue weighted by Crippen LogP contribution is -2.38. The fourth-order valence-corrected chi connectivity index (χ4v) is 0.729. The van der Waals surface area contributed by atoms with Gasteiger partial charge in [-0.2, -0.15) is 0 Å². The summed E-state index contributed by atoms with van der Waals surface area (Å²) in [4.78, 5) is 32.5.